The van der Waals surface area contributed by atoms with E-state index in [0.29, 0.717) is 30.0 Å². The summed E-state index contributed by atoms with van der Waals surface area (Å²) in [4.78, 5) is 24.2. The van der Waals surface area contributed by atoms with Crippen molar-refractivity contribution in [1.29, 1.82) is 0 Å². The lowest BCUT2D eigenvalue weighted by Crippen LogP contribution is -2.54. The van der Waals surface area contributed by atoms with Crippen LogP contribution in [0.1, 0.15) is 58.8 Å². The third kappa shape index (κ3) is 1.72. The minimum atomic E-state index is -0.492. The number of hydrogen-bond acceptors (Lipinski definition) is 3. The summed E-state index contributed by atoms with van der Waals surface area (Å²) in [6.07, 6.45) is 7.24. The van der Waals surface area contributed by atoms with E-state index in [2.05, 4.69) is 13.8 Å². The van der Waals surface area contributed by atoms with Gasteiger partial charge in [-0.3, -0.25) is 9.59 Å². The van der Waals surface area contributed by atoms with Crippen molar-refractivity contribution in [2.75, 3.05) is 0 Å². The summed E-state index contributed by atoms with van der Waals surface area (Å²) in [5.41, 5.74) is 0.796. The molecule has 3 heteroatoms. The van der Waals surface area contributed by atoms with Crippen LogP contribution in [-0.2, 0) is 9.59 Å². The van der Waals surface area contributed by atoms with E-state index >= 15 is 0 Å². The summed E-state index contributed by atoms with van der Waals surface area (Å²) >= 11 is 0. The molecule has 4 rings (SSSR count). The van der Waals surface area contributed by atoms with Crippen LogP contribution in [0.4, 0.5) is 0 Å². The molecule has 1 N–H and O–H groups in total. The van der Waals surface area contributed by atoms with E-state index in [9.17, 15) is 14.7 Å². The fraction of sp³-hybridized carbons (Fsp3) is 0.789. The van der Waals surface area contributed by atoms with E-state index in [1.54, 1.807) is 6.08 Å². The van der Waals surface area contributed by atoms with Crippen molar-refractivity contribution in [3.63, 3.8) is 0 Å². The van der Waals surface area contributed by atoms with Crippen LogP contribution in [0.5, 0.6) is 0 Å². The highest BCUT2D eigenvalue weighted by Gasteiger charge is 2.60. The molecule has 22 heavy (non-hydrogen) atoms. The number of ketones is 2. The first-order valence-corrected chi connectivity index (χ1v) is 8.82. The molecule has 0 aromatic carbocycles. The number of rotatable bonds is 0. The molecule has 3 nitrogen and oxygen atoms in total. The average molecular weight is 302 g/mol. The van der Waals surface area contributed by atoms with Gasteiger partial charge in [-0.05, 0) is 66.9 Å². The van der Waals surface area contributed by atoms with Crippen molar-refractivity contribution in [1.82, 2.24) is 0 Å². The minimum Gasteiger partial charge on any atom is -0.389 e. The Balaban J connectivity index is 1.74. The first kappa shape index (κ1) is 14.6. The molecule has 6 atom stereocenters. The summed E-state index contributed by atoms with van der Waals surface area (Å²) < 4.78 is 0. The van der Waals surface area contributed by atoms with E-state index in [1.165, 1.54) is 0 Å². The first-order chi connectivity index (χ1) is 10.4. The Kier molecular flexibility index (Phi) is 3.01. The predicted molar refractivity (Wildman–Crippen MR) is 83.1 cm³/mol. The molecular weight excluding hydrogens is 276 g/mol. The second-order valence-electron chi connectivity index (χ2n) is 8.53. The molecule has 0 aliphatic heterocycles. The molecule has 3 fully saturated rings. The highest BCUT2D eigenvalue weighted by Crippen LogP contribution is 2.64. The number of carbonyl (C=O) groups excluding carboxylic acids is 2. The zero-order valence-electron chi connectivity index (χ0n) is 13.6. The maximum atomic E-state index is 12.4. The fourth-order valence-electron chi connectivity index (χ4n) is 6.38. The van der Waals surface area contributed by atoms with Gasteiger partial charge < -0.3 is 5.11 Å². The Hall–Kier alpha value is -0.960. The smallest absolute Gasteiger partial charge is 0.155 e. The zero-order chi connectivity index (χ0) is 15.7. The van der Waals surface area contributed by atoms with Gasteiger partial charge in [0.05, 0.1) is 6.10 Å². The topological polar surface area (TPSA) is 54.4 Å². The number of hydrogen-bond donors (Lipinski definition) is 1. The normalized spacial score (nSPS) is 51.0. The quantitative estimate of drug-likeness (QED) is 0.748. The molecule has 3 saturated carbocycles. The van der Waals surface area contributed by atoms with Crippen molar-refractivity contribution >= 4 is 11.6 Å². The molecule has 4 aliphatic carbocycles. The minimum absolute atomic E-state index is 0.0385. The summed E-state index contributed by atoms with van der Waals surface area (Å²) in [5, 5.41) is 10.7. The molecule has 0 aromatic rings. The van der Waals surface area contributed by atoms with Gasteiger partial charge in [0.1, 0.15) is 5.78 Å². The second-order valence-corrected chi connectivity index (χ2v) is 8.53. The molecule has 0 radical (unpaired) electrons. The number of fused-ring (bicyclic) bond motifs is 5. The second kappa shape index (κ2) is 4.53. The Morgan fingerprint density at radius 2 is 1.77 bits per heavy atom. The molecule has 0 heterocycles. The lowest BCUT2D eigenvalue weighted by atomic mass is 9.47. The Morgan fingerprint density at radius 3 is 2.55 bits per heavy atom. The first-order valence-electron chi connectivity index (χ1n) is 8.82. The van der Waals surface area contributed by atoms with E-state index in [1.807, 2.05) is 0 Å². The SMILES string of the molecule is CC12CCC(=O)C=C1[C@H](O)C[C@@H]1C2CC[C@]2(C)C(=O)CCC12. The number of aliphatic hydroxyl groups excluding tert-OH is 1. The monoisotopic (exact) mass is 302 g/mol. The predicted octanol–water partition coefficient (Wildman–Crippen LogP) is 3.06. The zero-order valence-corrected chi connectivity index (χ0v) is 13.6. The third-order valence-electron chi connectivity index (χ3n) is 7.69. The van der Waals surface area contributed by atoms with Gasteiger partial charge in [0.25, 0.3) is 0 Å². The highest BCUT2D eigenvalue weighted by atomic mass is 16.3. The Bertz CT molecular complexity index is 577. The Labute approximate surface area is 132 Å². The van der Waals surface area contributed by atoms with Gasteiger partial charge in [-0.2, -0.15) is 0 Å². The molecule has 3 unspecified atom stereocenters. The molecule has 0 amide bonds. The van der Waals surface area contributed by atoms with Crippen LogP contribution < -0.4 is 0 Å². The van der Waals surface area contributed by atoms with E-state index in [0.717, 1.165) is 44.1 Å². The standard InChI is InChI=1S/C19H26O3/c1-18-7-5-11(20)9-15(18)16(21)10-12-13-3-4-17(22)19(13,2)8-6-14(12)18/h9,12-14,16,21H,3-8,10H2,1-2H3/t12-,13?,14?,16+,18?,19-/m0/s1. The highest BCUT2D eigenvalue weighted by molar-refractivity contribution is 5.92. The summed E-state index contributed by atoms with van der Waals surface area (Å²) in [6.45, 7) is 4.42. The molecule has 0 spiro atoms. The van der Waals surface area contributed by atoms with E-state index in [4.69, 9.17) is 0 Å². The van der Waals surface area contributed by atoms with Crippen LogP contribution in [0, 0.1) is 28.6 Å². The molecular formula is C19H26O3. The maximum Gasteiger partial charge on any atom is 0.155 e. The van der Waals surface area contributed by atoms with Crippen LogP contribution in [0.2, 0.25) is 0 Å². The number of carbonyl (C=O) groups is 2. The maximum absolute atomic E-state index is 12.4. The molecule has 120 valence electrons. The van der Waals surface area contributed by atoms with Gasteiger partial charge in [-0.15, -0.1) is 0 Å². The van der Waals surface area contributed by atoms with Crippen LogP contribution in [-0.4, -0.2) is 22.8 Å². The molecule has 0 bridgehead atoms. The van der Waals surface area contributed by atoms with E-state index < -0.39 is 6.10 Å². The number of aliphatic hydroxyl groups is 1. The van der Waals surface area contributed by atoms with E-state index in [-0.39, 0.29) is 16.6 Å². The van der Waals surface area contributed by atoms with Crippen molar-refractivity contribution in [2.24, 2.45) is 28.6 Å². The van der Waals surface area contributed by atoms with Crippen molar-refractivity contribution in [3.8, 4) is 0 Å². The van der Waals surface area contributed by atoms with Gasteiger partial charge >= 0.3 is 0 Å². The van der Waals surface area contributed by atoms with Crippen molar-refractivity contribution in [2.45, 2.75) is 64.9 Å². The van der Waals surface area contributed by atoms with Gasteiger partial charge in [0, 0.05) is 18.3 Å². The van der Waals surface area contributed by atoms with Gasteiger partial charge in [0.2, 0.25) is 0 Å². The lowest BCUT2D eigenvalue weighted by molar-refractivity contribution is -0.134. The lowest BCUT2D eigenvalue weighted by Gasteiger charge is -2.58. The van der Waals surface area contributed by atoms with Crippen molar-refractivity contribution < 1.29 is 14.7 Å². The molecule has 0 saturated heterocycles. The van der Waals surface area contributed by atoms with Crippen molar-refractivity contribution in [3.05, 3.63) is 11.6 Å². The van der Waals surface area contributed by atoms with Gasteiger partial charge in [-0.1, -0.05) is 13.8 Å². The van der Waals surface area contributed by atoms with Crippen LogP contribution in [0.25, 0.3) is 0 Å². The summed E-state index contributed by atoms with van der Waals surface area (Å²) in [5.74, 6) is 2.01. The molecule has 0 aromatic heterocycles. The summed E-state index contributed by atoms with van der Waals surface area (Å²) in [7, 11) is 0. The number of Topliss-reactive ketones (excluding diaryl/α,β-unsaturated/α-hetero) is 1. The van der Waals surface area contributed by atoms with Crippen LogP contribution in [0.3, 0.4) is 0 Å². The summed E-state index contributed by atoms with van der Waals surface area (Å²) in [6, 6.07) is 0. The fourth-order valence-corrected chi connectivity index (χ4v) is 6.38. The van der Waals surface area contributed by atoms with Gasteiger partial charge in [-0.25, -0.2) is 0 Å². The molecule has 4 aliphatic rings. The van der Waals surface area contributed by atoms with Crippen LogP contribution >= 0.6 is 0 Å². The Morgan fingerprint density at radius 1 is 1.05 bits per heavy atom. The van der Waals surface area contributed by atoms with Gasteiger partial charge in [0.15, 0.2) is 5.78 Å². The third-order valence-corrected chi connectivity index (χ3v) is 7.69. The van der Waals surface area contributed by atoms with Crippen LogP contribution in [0.15, 0.2) is 11.6 Å². The average Bonchev–Trinajstić information content (AvgIpc) is 2.77. The largest absolute Gasteiger partial charge is 0.389 e.